The number of hydrogen-bond acceptors (Lipinski definition) is 3. The molecular weight excluding hydrogens is 545 g/mol. The number of imidazole rings is 1. The Morgan fingerprint density at radius 2 is 1.30 bits per heavy atom. The van der Waals surface area contributed by atoms with E-state index in [-0.39, 0.29) is 0 Å². The molecule has 0 amide bonds. The number of nitrogens with zero attached hydrogens (tertiary/aromatic N) is 4. The normalized spacial score (nSPS) is 11.7. The fourth-order valence-electron chi connectivity index (χ4n) is 6.31. The Morgan fingerprint density at radius 3 is 2.21 bits per heavy atom. The summed E-state index contributed by atoms with van der Waals surface area (Å²) in [6, 6.07) is 44.8. The summed E-state index contributed by atoms with van der Waals surface area (Å²) in [5.74, 6) is 0.935. The molecule has 0 atom stereocenters. The molecule has 0 aliphatic rings. The Balaban J connectivity index is 1.15. The summed E-state index contributed by atoms with van der Waals surface area (Å²) in [7, 11) is 0. The van der Waals surface area contributed by atoms with E-state index in [4.69, 9.17) is 9.97 Å². The molecule has 0 aliphatic heterocycles. The summed E-state index contributed by atoms with van der Waals surface area (Å²) in [5.41, 5.74) is 9.86. The van der Waals surface area contributed by atoms with Gasteiger partial charge in [-0.1, -0.05) is 91.0 Å². The maximum atomic E-state index is 5.04. The van der Waals surface area contributed by atoms with E-state index in [2.05, 4.69) is 135 Å². The van der Waals surface area contributed by atoms with Crippen LogP contribution in [-0.2, 0) is 0 Å². The highest BCUT2D eigenvalue weighted by Gasteiger charge is 2.18. The van der Waals surface area contributed by atoms with Crippen LogP contribution in [-0.4, -0.2) is 19.1 Å². The molecule has 4 heterocycles. The molecule has 0 unspecified atom stereocenters. The lowest BCUT2D eigenvalue weighted by Gasteiger charge is -2.11. The van der Waals surface area contributed by atoms with Crippen LogP contribution in [0.4, 0.5) is 0 Å². The monoisotopic (exact) mass is 568 g/mol. The van der Waals surface area contributed by atoms with Crippen molar-refractivity contribution < 1.29 is 0 Å². The van der Waals surface area contributed by atoms with Gasteiger partial charge in [-0.3, -0.25) is 9.13 Å². The molecule has 0 saturated heterocycles. The van der Waals surface area contributed by atoms with Gasteiger partial charge in [-0.05, 0) is 52.9 Å². The van der Waals surface area contributed by atoms with Crippen molar-refractivity contribution in [1.82, 2.24) is 19.1 Å². The van der Waals surface area contributed by atoms with E-state index < -0.39 is 0 Å². The molecule has 0 fully saturated rings. The van der Waals surface area contributed by atoms with Gasteiger partial charge in [0, 0.05) is 50.1 Å². The first-order chi connectivity index (χ1) is 21.3. The smallest absolute Gasteiger partial charge is 0.146 e. The standard InChI is InChI=1S/C38H24N4S/c1-2-11-29(12-3-1)41-34-16-7-6-15-33(34)40-37(41)26-19-17-25(18-20-26)27-10-8-13-30(21-27)42-35-24-43-23-32(35)36-31-14-5-4-9-28(31)22-39-38(36)42/h1-24H. The highest BCUT2D eigenvalue weighted by molar-refractivity contribution is 7.09. The van der Waals surface area contributed by atoms with Crippen molar-refractivity contribution in [3.05, 3.63) is 144 Å². The van der Waals surface area contributed by atoms with Crippen molar-refractivity contribution in [2.24, 2.45) is 0 Å². The van der Waals surface area contributed by atoms with Gasteiger partial charge < -0.3 is 0 Å². The van der Waals surface area contributed by atoms with Gasteiger partial charge in [0.25, 0.3) is 0 Å². The van der Waals surface area contributed by atoms with Crippen molar-refractivity contribution in [3.63, 3.8) is 0 Å². The lowest BCUT2D eigenvalue weighted by molar-refractivity contribution is 1.10. The Bertz CT molecular complexity index is 2450. The van der Waals surface area contributed by atoms with E-state index in [1.54, 1.807) is 11.3 Å². The Kier molecular flexibility index (Phi) is 5.33. The van der Waals surface area contributed by atoms with Crippen LogP contribution in [0, 0.1) is 0 Å². The van der Waals surface area contributed by atoms with Crippen molar-refractivity contribution in [2.75, 3.05) is 0 Å². The SMILES string of the molecule is c1ccc(-n2c(-c3ccc(-c4cccc(-n5c6cscc6c6c7ccccc7cnc65)c4)cc3)nc3ccccc32)cc1. The number of para-hydroxylation sites is 3. The molecule has 5 heteroatoms. The van der Waals surface area contributed by atoms with Gasteiger partial charge in [0.15, 0.2) is 0 Å². The summed E-state index contributed by atoms with van der Waals surface area (Å²) < 4.78 is 4.54. The van der Waals surface area contributed by atoms with Gasteiger partial charge in [-0.2, -0.15) is 0 Å². The summed E-state index contributed by atoms with van der Waals surface area (Å²) in [6.07, 6.45) is 1.99. The van der Waals surface area contributed by atoms with E-state index in [0.717, 1.165) is 56.0 Å². The second kappa shape index (κ2) is 9.51. The maximum absolute atomic E-state index is 5.04. The maximum Gasteiger partial charge on any atom is 0.146 e. The molecule has 202 valence electrons. The van der Waals surface area contributed by atoms with Crippen molar-refractivity contribution >= 4 is 55.1 Å². The fraction of sp³-hybridized carbons (Fsp3) is 0. The van der Waals surface area contributed by atoms with Gasteiger partial charge in [0.2, 0.25) is 0 Å². The first-order valence-corrected chi connectivity index (χ1v) is 15.3. The average Bonchev–Trinajstić information content (AvgIpc) is 3.78. The first-order valence-electron chi connectivity index (χ1n) is 14.3. The zero-order valence-electron chi connectivity index (χ0n) is 23.1. The van der Waals surface area contributed by atoms with Gasteiger partial charge in [-0.25, -0.2) is 9.97 Å². The lowest BCUT2D eigenvalue weighted by atomic mass is 10.0. The number of aromatic nitrogens is 4. The average molecular weight is 569 g/mol. The molecule has 0 saturated carbocycles. The van der Waals surface area contributed by atoms with Crippen molar-refractivity contribution in [2.45, 2.75) is 0 Å². The van der Waals surface area contributed by atoms with Gasteiger partial charge in [-0.15, -0.1) is 11.3 Å². The second-order valence-corrected chi connectivity index (χ2v) is 11.5. The van der Waals surface area contributed by atoms with E-state index in [1.807, 2.05) is 18.3 Å². The number of fused-ring (bicyclic) bond motifs is 6. The number of hydrogen-bond donors (Lipinski definition) is 0. The molecule has 9 aromatic rings. The Hall–Kier alpha value is -5.52. The fourth-order valence-corrected chi connectivity index (χ4v) is 7.11. The van der Waals surface area contributed by atoms with Gasteiger partial charge >= 0.3 is 0 Å². The van der Waals surface area contributed by atoms with Crippen molar-refractivity contribution in [1.29, 1.82) is 0 Å². The first kappa shape index (κ1) is 24.1. The Labute approximate surface area is 251 Å². The minimum atomic E-state index is 0.935. The lowest BCUT2D eigenvalue weighted by Crippen LogP contribution is -1.97. The third-order valence-corrected chi connectivity index (χ3v) is 9.03. The minimum Gasteiger partial charge on any atom is -0.293 e. The third kappa shape index (κ3) is 3.75. The molecule has 9 rings (SSSR count). The third-order valence-electron chi connectivity index (χ3n) is 8.30. The van der Waals surface area contributed by atoms with Crippen molar-refractivity contribution in [3.8, 4) is 33.9 Å². The molecule has 0 bridgehead atoms. The summed E-state index contributed by atoms with van der Waals surface area (Å²) in [4.78, 5) is 9.99. The highest BCUT2D eigenvalue weighted by Crippen LogP contribution is 2.38. The quantitative estimate of drug-likeness (QED) is 0.212. The van der Waals surface area contributed by atoms with E-state index >= 15 is 0 Å². The minimum absolute atomic E-state index is 0.935. The second-order valence-electron chi connectivity index (χ2n) is 10.8. The van der Waals surface area contributed by atoms with Crippen LogP contribution in [0.3, 0.4) is 0 Å². The van der Waals surface area contributed by atoms with Gasteiger partial charge in [0.05, 0.1) is 16.6 Å². The number of rotatable bonds is 4. The molecule has 0 radical (unpaired) electrons. The molecule has 4 nitrogen and oxygen atoms in total. The Morgan fingerprint density at radius 1 is 0.535 bits per heavy atom. The number of pyridine rings is 1. The molecule has 0 spiro atoms. The van der Waals surface area contributed by atoms with E-state index in [9.17, 15) is 0 Å². The molecule has 0 aliphatic carbocycles. The molecule has 43 heavy (non-hydrogen) atoms. The molecule has 4 aromatic heterocycles. The molecular formula is C38H24N4S. The van der Waals surface area contributed by atoms with Crippen LogP contribution in [0.2, 0.25) is 0 Å². The van der Waals surface area contributed by atoms with Crippen LogP contribution >= 0.6 is 11.3 Å². The summed E-state index contributed by atoms with van der Waals surface area (Å²) >= 11 is 1.74. The summed E-state index contributed by atoms with van der Waals surface area (Å²) in [6.45, 7) is 0. The number of benzene rings is 5. The molecule has 0 N–H and O–H groups in total. The van der Waals surface area contributed by atoms with Crippen LogP contribution in [0.5, 0.6) is 0 Å². The molecule has 5 aromatic carbocycles. The largest absolute Gasteiger partial charge is 0.293 e. The van der Waals surface area contributed by atoms with Crippen LogP contribution < -0.4 is 0 Å². The van der Waals surface area contributed by atoms with Crippen LogP contribution in [0.1, 0.15) is 0 Å². The van der Waals surface area contributed by atoms with Crippen LogP contribution in [0.15, 0.2) is 144 Å². The van der Waals surface area contributed by atoms with E-state index in [0.29, 0.717) is 0 Å². The topological polar surface area (TPSA) is 35.6 Å². The predicted molar refractivity (Wildman–Crippen MR) is 179 cm³/mol. The van der Waals surface area contributed by atoms with Crippen LogP contribution in [0.25, 0.3) is 77.6 Å². The summed E-state index contributed by atoms with van der Waals surface area (Å²) in [5, 5.41) is 9.34. The predicted octanol–water partition coefficient (Wildman–Crippen LogP) is 10.1. The zero-order valence-corrected chi connectivity index (χ0v) is 23.9. The zero-order chi connectivity index (χ0) is 28.3. The van der Waals surface area contributed by atoms with E-state index in [1.165, 1.54) is 21.7 Å². The highest BCUT2D eigenvalue weighted by atomic mass is 32.1. The van der Waals surface area contributed by atoms with Gasteiger partial charge in [0.1, 0.15) is 11.5 Å². The number of thiophene rings is 1.